The number of halogens is 2. The number of hydrogen-bond donors (Lipinski definition) is 1. The minimum atomic E-state index is -0.681. The molecule has 1 rings (SSSR count). The van der Waals surface area contributed by atoms with Crippen molar-refractivity contribution in [2.45, 2.75) is 39.3 Å². The molecule has 1 amide bonds. The Hall–Kier alpha value is -1.26. The Labute approximate surface area is 128 Å². The summed E-state index contributed by atoms with van der Waals surface area (Å²) in [6.45, 7) is 4.88. The standard InChI is InChI=1S/C14H17Cl2NO3/c1-8(2)20-14(19)17-13(9(3)18)6-10-4-5-11(15)7-12(10)16/h4-5,7-8,13H,6H2,1-3H3,(H,17,19). The Morgan fingerprint density at radius 1 is 1.30 bits per heavy atom. The van der Waals surface area contributed by atoms with Gasteiger partial charge in [0.25, 0.3) is 0 Å². The maximum Gasteiger partial charge on any atom is 0.407 e. The molecule has 1 aromatic carbocycles. The Morgan fingerprint density at radius 3 is 2.45 bits per heavy atom. The summed E-state index contributed by atoms with van der Waals surface area (Å²) in [6, 6.07) is 4.34. The molecule has 20 heavy (non-hydrogen) atoms. The summed E-state index contributed by atoms with van der Waals surface area (Å²) in [7, 11) is 0. The fourth-order valence-electron chi connectivity index (χ4n) is 1.59. The van der Waals surface area contributed by atoms with E-state index in [9.17, 15) is 9.59 Å². The fraction of sp³-hybridized carbons (Fsp3) is 0.429. The smallest absolute Gasteiger partial charge is 0.407 e. The number of amides is 1. The summed E-state index contributed by atoms with van der Waals surface area (Å²) in [6.07, 6.45) is -0.578. The highest BCUT2D eigenvalue weighted by Gasteiger charge is 2.20. The summed E-state index contributed by atoms with van der Waals surface area (Å²) >= 11 is 11.9. The lowest BCUT2D eigenvalue weighted by atomic mass is 10.0. The predicted molar refractivity (Wildman–Crippen MR) is 79.4 cm³/mol. The van der Waals surface area contributed by atoms with Crippen LogP contribution in [-0.2, 0) is 16.0 Å². The van der Waals surface area contributed by atoms with Crippen LogP contribution in [0.2, 0.25) is 10.0 Å². The van der Waals surface area contributed by atoms with Gasteiger partial charge in [-0.25, -0.2) is 4.79 Å². The van der Waals surface area contributed by atoms with Crippen molar-refractivity contribution in [3.63, 3.8) is 0 Å². The van der Waals surface area contributed by atoms with Crippen LogP contribution in [0.5, 0.6) is 0 Å². The SMILES string of the molecule is CC(=O)C(Cc1ccc(Cl)cc1Cl)NC(=O)OC(C)C. The van der Waals surface area contributed by atoms with Gasteiger partial charge in [0.1, 0.15) is 0 Å². The van der Waals surface area contributed by atoms with E-state index < -0.39 is 12.1 Å². The molecule has 4 nitrogen and oxygen atoms in total. The molecule has 0 radical (unpaired) electrons. The van der Waals surface area contributed by atoms with E-state index in [1.807, 2.05) is 0 Å². The molecule has 1 aromatic rings. The van der Waals surface area contributed by atoms with Crippen molar-refractivity contribution < 1.29 is 14.3 Å². The maximum atomic E-state index is 11.6. The first-order valence-corrected chi connectivity index (χ1v) is 6.96. The number of hydrogen-bond acceptors (Lipinski definition) is 3. The molecule has 0 aromatic heterocycles. The highest BCUT2D eigenvalue weighted by atomic mass is 35.5. The summed E-state index contributed by atoms with van der Waals surface area (Å²) in [4.78, 5) is 23.2. The predicted octanol–water partition coefficient (Wildman–Crippen LogP) is 3.63. The average Bonchev–Trinajstić information content (AvgIpc) is 2.30. The Balaban J connectivity index is 2.77. The van der Waals surface area contributed by atoms with Crippen LogP contribution in [0.15, 0.2) is 18.2 Å². The van der Waals surface area contributed by atoms with Crippen molar-refractivity contribution in [1.82, 2.24) is 5.32 Å². The van der Waals surface area contributed by atoms with Gasteiger partial charge in [0.2, 0.25) is 0 Å². The lowest BCUT2D eigenvalue weighted by Crippen LogP contribution is -2.42. The summed E-state index contributed by atoms with van der Waals surface area (Å²) in [5.74, 6) is -0.170. The van der Waals surface area contributed by atoms with Crippen molar-refractivity contribution in [3.8, 4) is 0 Å². The third-order valence-corrected chi connectivity index (χ3v) is 3.15. The number of alkyl carbamates (subject to hydrolysis) is 1. The lowest BCUT2D eigenvalue weighted by Gasteiger charge is -2.17. The van der Waals surface area contributed by atoms with Crippen LogP contribution in [0.3, 0.4) is 0 Å². The molecule has 0 spiro atoms. The van der Waals surface area contributed by atoms with Crippen molar-refractivity contribution in [2.75, 3.05) is 0 Å². The zero-order valence-electron chi connectivity index (χ0n) is 11.6. The molecule has 0 aliphatic heterocycles. The molecule has 0 saturated carbocycles. The Morgan fingerprint density at radius 2 is 1.95 bits per heavy atom. The highest BCUT2D eigenvalue weighted by molar-refractivity contribution is 6.35. The minimum absolute atomic E-state index is 0.170. The number of rotatable bonds is 5. The van der Waals surface area contributed by atoms with Gasteiger partial charge in [-0.05, 0) is 38.5 Å². The number of carbonyl (C=O) groups excluding carboxylic acids is 2. The quantitative estimate of drug-likeness (QED) is 0.902. The summed E-state index contributed by atoms with van der Waals surface area (Å²) in [5.41, 5.74) is 0.737. The van der Waals surface area contributed by atoms with E-state index in [0.29, 0.717) is 16.5 Å². The summed E-state index contributed by atoms with van der Waals surface area (Å²) < 4.78 is 4.96. The number of carbonyl (C=O) groups is 2. The van der Waals surface area contributed by atoms with Crippen LogP contribution in [0.4, 0.5) is 4.79 Å². The molecule has 110 valence electrons. The maximum absolute atomic E-state index is 11.6. The summed E-state index contributed by atoms with van der Waals surface area (Å²) in [5, 5.41) is 3.52. The minimum Gasteiger partial charge on any atom is -0.447 e. The molecule has 0 fully saturated rings. The largest absolute Gasteiger partial charge is 0.447 e. The second kappa shape index (κ2) is 7.50. The van der Waals surface area contributed by atoms with Gasteiger partial charge in [0.05, 0.1) is 12.1 Å². The Bertz CT molecular complexity index is 503. The van der Waals surface area contributed by atoms with Crippen LogP contribution in [0.25, 0.3) is 0 Å². The van der Waals surface area contributed by atoms with E-state index in [0.717, 1.165) is 5.56 Å². The third kappa shape index (κ3) is 5.39. The number of ether oxygens (including phenoxy) is 1. The number of benzene rings is 1. The second-order valence-electron chi connectivity index (χ2n) is 4.70. The molecule has 1 unspecified atom stereocenters. The van der Waals surface area contributed by atoms with E-state index in [2.05, 4.69) is 5.32 Å². The molecular formula is C14H17Cl2NO3. The average molecular weight is 318 g/mol. The topological polar surface area (TPSA) is 55.4 Å². The molecule has 1 N–H and O–H groups in total. The zero-order chi connectivity index (χ0) is 15.3. The van der Waals surface area contributed by atoms with Gasteiger partial charge in [-0.15, -0.1) is 0 Å². The number of Topliss-reactive ketones (excluding diaryl/α,β-unsaturated/α-hetero) is 1. The van der Waals surface area contributed by atoms with E-state index in [1.54, 1.807) is 32.0 Å². The molecule has 0 bridgehead atoms. The molecule has 0 aliphatic rings. The number of ketones is 1. The zero-order valence-corrected chi connectivity index (χ0v) is 13.1. The molecular weight excluding hydrogens is 301 g/mol. The van der Waals surface area contributed by atoms with Crippen molar-refractivity contribution in [2.24, 2.45) is 0 Å². The third-order valence-electron chi connectivity index (χ3n) is 2.56. The lowest BCUT2D eigenvalue weighted by molar-refractivity contribution is -0.118. The molecule has 0 heterocycles. The molecule has 0 saturated heterocycles. The number of nitrogens with one attached hydrogen (secondary N) is 1. The molecule has 6 heteroatoms. The monoisotopic (exact) mass is 317 g/mol. The molecule has 0 aliphatic carbocycles. The van der Waals surface area contributed by atoms with E-state index in [4.69, 9.17) is 27.9 Å². The van der Waals surface area contributed by atoms with E-state index in [-0.39, 0.29) is 11.9 Å². The van der Waals surface area contributed by atoms with Crippen LogP contribution in [-0.4, -0.2) is 24.0 Å². The van der Waals surface area contributed by atoms with Crippen LogP contribution in [0, 0.1) is 0 Å². The first-order chi connectivity index (χ1) is 9.29. The van der Waals surface area contributed by atoms with E-state index >= 15 is 0 Å². The van der Waals surface area contributed by atoms with Gasteiger partial charge in [-0.1, -0.05) is 29.3 Å². The van der Waals surface area contributed by atoms with Crippen molar-refractivity contribution >= 4 is 35.1 Å². The van der Waals surface area contributed by atoms with Gasteiger partial charge in [-0.2, -0.15) is 0 Å². The van der Waals surface area contributed by atoms with Gasteiger partial charge in [0.15, 0.2) is 5.78 Å². The van der Waals surface area contributed by atoms with Crippen molar-refractivity contribution in [3.05, 3.63) is 33.8 Å². The fourth-order valence-corrected chi connectivity index (χ4v) is 2.08. The van der Waals surface area contributed by atoms with Crippen molar-refractivity contribution in [1.29, 1.82) is 0 Å². The van der Waals surface area contributed by atoms with Gasteiger partial charge in [0, 0.05) is 16.5 Å². The van der Waals surface area contributed by atoms with Gasteiger partial charge in [-0.3, -0.25) is 4.79 Å². The normalized spacial score (nSPS) is 12.1. The van der Waals surface area contributed by atoms with Crippen LogP contribution < -0.4 is 5.32 Å². The van der Waals surface area contributed by atoms with E-state index in [1.165, 1.54) is 6.92 Å². The molecule has 1 atom stereocenters. The van der Waals surface area contributed by atoms with Crippen LogP contribution >= 0.6 is 23.2 Å². The first kappa shape index (κ1) is 16.8. The van der Waals surface area contributed by atoms with Gasteiger partial charge >= 0.3 is 6.09 Å². The Kier molecular flexibility index (Phi) is 6.30. The van der Waals surface area contributed by atoms with Crippen LogP contribution in [0.1, 0.15) is 26.3 Å². The second-order valence-corrected chi connectivity index (χ2v) is 5.55. The van der Waals surface area contributed by atoms with Gasteiger partial charge < -0.3 is 10.1 Å². The highest BCUT2D eigenvalue weighted by Crippen LogP contribution is 2.22. The first-order valence-electron chi connectivity index (χ1n) is 6.21.